The molecule has 0 radical (unpaired) electrons. The molecule has 7 heteroatoms. The predicted molar refractivity (Wildman–Crippen MR) is 132 cm³/mol. The molecule has 1 unspecified atom stereocenters. The van der Waals surface area contributed by atoms with E-state index in [4.69, 9.17) is 9.47 Å². The minimum atomic E-state index is -0.726. The molecule has 0 amide bonds. The molecule has 2 aliphatic rings. The Morgan fingerprint density at radius 2 is 1.97 bits per heavy atom. The van der Waals surface area contributed by atoms with Crippen molar-refractivity contribution < 1.29 is 19.4 Å². The van der Waals surface area contributed by atoms with Gasteiger partial charge in [0.2, 0.25) is 0 Å². The van der Waals surface area contributed by atoms with Crippen LogP contribution in [0.25, 0.3) is 10.9 Å². The molecule has 180 valence electrons. The van der Waals surface area contributed by atoms with Crippen molar-refractivity contribution in [2.24, 2.45) is 0 Å². The lowest BCUT2D eigenvalue weighted by Gasteiger charge is -2.45. The van der Waals surface area contributed by atoms with E-state index in [9.17, 15) is 9.90 Å². The lowest BCUT2D eigenvalue weighted by Crippen LogP contribution is -2.53. The Labute approximate surface area is 200 Å². The number of aromatic nitrogens is 1. The number of likely N-dealkylation sites (tertiary alicyclic amines) is 1. The summed E-state index contributed by atoms with van der Waals surface area (Å²) >= 11 is 0. The molecule has 3 heterocycles. The summed E-state index contributed by atoms with van der Waals surface area (Å²) in [6.07, 6.45) is 2.84. The van der Waals surface area contributed by atoms with Gasteiger partial charge in [0.05, 0.1) is 12.6 Å². The molecule has 7 nitrogen and oxygen atoms in total. The second-order valence-corrected chi connectivity index (χ2v) is 9.34. The number of para-hydroxylation sites is 1. The van der Waals surface area contributed by atoms with Gasteiger partial charge in [0.25, 0.3) is 0 Å². The highest BCUT2D eigenvalue weighted by Crippen LogP contribution is 2.45. The maximum atomic E-state index is 11.2. The van der Waals surface area contributed by atoms with Crippen molar-refractivity contribution in [3.63, 3.8) is 0 Å². The molecular weight excluding hydrogens is 430 g/mol. The summed E-state index contributed by atoms with van der Waals surface area (Å²) in [5.74, 6) is 1.05. The number of benzene rings is 2. The van der Waals surface area contributed by atoms with Crippen LogP contribution >= 0.6 is 0 Å². The fourth-order valence-corrected chi connectivity index (χ4v) is 5.71. The zero-order chi connectivity index (χ0) is 23.5. The molecule has 0 bridgehead atoms. The van der Waals surface area contributed by atoms with Crippen LogP contribution in [0.5, 0.6) is 11.5 Å². The van der Waals surface area contributed by atoms with Crippen LogP contribution in [0.4, 0.5) is 0 Å². The third kappa shape index (κ3) is 4.38. The first-order chi connectivity index (χ1) is 16.6. The highest BCUT2D eigenvalue weighted by Gasteiger charge is 2.48. The number of carboxylic acid groups (broad SMARTS) is 1. The van der Waals surface area contributed by atoms with E-state index >= 15 is 0 Å². The smallest absolute Gasteiger partial charge is 0.303 e. The minimum absolute atomic E-state index is 0.134. The van der Waals surface area contributed by atoms with Crippen molar-refractivity contribution in [3.05, 3.63) is 59.8 Å². The first kappa shape index (κ1) is 22.7. The Morgan fingerprint density at radius 3 is 2.76 bits per heavy atom. The van der Waals surface area contributed by atoms with Gasteiger partial charge in [0, 0.05) is 49.2 Å². The number of ether oxygens (including phenoxy) is 2. The van der Waals surface area contributed by atoms with Gasteiger partial charge in [-0.15, -0.1) is 0 Å². The average molecular weight is 464 g/mol. The lowest BCUT2D eigenvalue weighted by molar-refractivity contribution is -0.137. The van der Waals surface area contributed by atoms with Gasteiger partial charge in [-0.25, -0.2) is 0 Å². The quantitative estimate of drug-likeness (QED) is 0.502. The van der Waals surface area contributed by atoms with Gasteiger partial charge >= 0.3 is 5.97 Å². The van der Waals surface area contributed by atoms with Crippen molar-refractivity contribution in [1.29, 1.82) is 0 Å². The van der Waals surface area contributed by atoms with E-state index in [1.54, 1.807) is 7.11 Å². The van der Waals surface area contributed by atoms with Crippen LogP contribution in [0.1, 0.15) is 30.5 Å². The van der Waals surface area contributed by atoms with Crippen LogP contribution in [-0.4, -0.2) is 72.3 Å². The highest BCUT2D eigenvalue weighted by atomic mass is 16.5. The topological polar surface area (TPSA) is 78.0 Å². The molecule has 2 aromatic carbocycles. The number of methoxy groups -OCH3 is 1. The Balaban J connectivity index is 1.39. The first-order valence-corrected chi connectivity index (χ1v) is 12.2. The molecule has 1 aromatic heterocycles. The summed E-state index contributed by atoms with van der Waals surface area (Å²) in [6, 6.07) is 16.2. The number of nitrogens with zero attached hydrogens (tertiary/aromatic N) is 2. The van der Waals surface area contributed by atoms with Gasteiger partial charge in [0.15, 0.2) is 0 Å². The SMILES string of the molecule is COc1ccc2[nH]c3c(c2c1)CCN(CCCC(=O)O)C31CCN(CCOc2ccccc2)C1. The predicted octanol–water partition coefficient (Wildman–Crippen LogP) is 3.88. The van der Waals surface area contributed by atoms with Crippen LogP contribution in [0.3, 0.4) is 0 Å². The molecule has 1 atom stereocenters. The fourth-order valence-electron chi connectivity index (χ4n) is 5.71. The number of aliphatic carboxylic acids is 1. The fraction of sp³-hybridized carbons (Fsp3) is 0.444. The van der Waals surface area contributed by atoms with Crippen LogP contribution in [0.15, 0.2) is 48.5 Å². The second-order valence-electron chi connectivity index (χ2n) is 9.34. The number of hydrogen-bond acceptors (Lipinski definition) is 5. The van der Waals surface area contributed by atoms with Crippen molar-refractivity contribution in [2.75, 3.05) is 46.4 Å². The number of aromatic amines is 1. The minimum Gasteiger partial charge on any atom is -0.497 e. The van der Waals surface area contributed by atoms with Crippen molar-refractivity contribution in [3.8, 4) is 11.5 Å². The second kappa shape index (κ2) is 9.68. The van der Waals surface area contributed by atoms with Gasteiger partial charge in [-0.1, -0.05) is 18.2 Å². The molecule has 1 spiro atoms. The number of rotatable bonds is 9. The van der Waals surface area contributed by atoms with Crippen molar-refractivity contribution in [1.82, 2.24) is 14.8 Å². The van der Waals surface area contributed by atoms with Crippen LogP contribution in [0.2, 0.25) is 0 Å². The van der Waals surface area contributed by atoms with Gasteiger partial charge in [-0.2, -0.15) is 0 Å². The molecule has 2 N–H and O–H groups in total. The summed E-state index contributed by atoms with van der Waals surface area (Å²) in [7, 11) is 1.71. The number of carboxylic acids is 1. The molecular formula is C27H33N3O4. The Morgan fingerprint density at radius 1 is 1.12 bits per heavy atom. The number of H-pyrrole nitrogens is 1. The maximum absolute atomic E-state index is 11.2. The molecule has 5 rings (SSSR count). The Kier molecular flexibility index (Phi) is 6.48. The zero-order valence-electron chi connectivity index (χ0n) is 19.8. The van der Waals surface area contributed by atoms with Gasteiger partial charge in [-0.05, 0) is 61.7 Å². The standard InChI is InChI=1S/C27H33N3O4/c1-33-21-9-10-24-23(18-21)22-11-14-30(13-5-8-25(31)32)27(26(22)28-24)12-15-29(19-27)16-17-34-20-6-3-2-4-7-20/h2-4,6-7,9-10,18,28H,5,8,11-17,19H2,1H3,(H,31,32). The maximum Gasteiger partial charge on any atom is 0.303 e. The Bertz CT molecular complexity index is 1150. The normalized spacial score (nSPS) is 20.6. The van der Waals surface area contributed by atoms with E-state index in [2.05, 4.69) is 26.9 Å². The van der Waals surface area contributed by atoms with E-state index in [0.29, 0.717) is 13.0 Å². The van der Waals surface area contributed by atoms with Gasteiger partial charge < -0.3 is 19.6 Å². The average Bonchev–Trinajstić information content (AvgIpc) is 3.44. The molecule has 0 aliphatic carbocycles. The van der Waals surface area contributed by atoms with Crippen LogP contribution in [0, 0.1) is 0 Å². The van der Waals surface area contributed by atoms with Crippen LogP contribution < -0.4 is 9.47 Å². The zero-order valence-corrected chi connectivity index (χ0v) is 19.8. The largest absolute Gasteiger partial charge is 0.497 e. The van der Waals surface area contributed by atoms with Gasteiger partial charge in [-0.3, -0.25) is 14.6 Å². The summed E-state index contributed by atoms with van der Waals surface area (Å²) in [5.41, 5.74) is 3.68. The Hall–Kier alpha value is -3.03. The van der Waals surface area contributed by atoms with E-state index in [1.165, 1.54) is 16.6 Å². The number of fused-ring (bicyclic) bond motifs is 4. The summed E-state index contributed by atoms with van der Waals surface area (Å²) in [6.45, 7) is 5.14. The van der Waals surface area contributed by atoms with E-state index in [-0.39, 0.29) is 12.0 Å². The van der Waals surface area contributed by atoms with Crippen molar-refractivity contribution in [2.45, 2.75) is 31.2 Å². The summed E-state index contributed by atoms with van der Waals surface area (Å²) < 4.78 is 11.5. The summed E-state index contributed by atoms with van der Waals surface area (Å²) in [4.78, 5) is 19.9. The molecule has 0 saturated carbocycles. The van der Waals surface area contributed by atoms with E-state index < -0.39 is 5.97 Å². The monoisotopic (exact) mass is 463 g/mol. The molecule has 2 aliphatic heterocycles. The van der Waals surface area contributed by atoms with Gasteiger partial charge in [0.1, 0.15) is 18.1 Å². The number of hydrogen-bond donors (Lipinski definition) is 2. The third-order valence-corrected chi connectivity index (χ3v) is 7.38. The van der Waals surface area contributed by atoms with Crippen LogP contribution in [-0.2, 0) is 16.8 Å². The lowest BCUT2D eigenvalue weighted by atomic mass is 9.83. The van der Waals surface area contributed by atoms with E-state index in [0.717, 1.165) is 62.6 Å². The third-order valence-electron chi connectivity index (χ3n) is 7.38. The molecule has 34 heavy (non-hydrogen) atoms. The number of carbonyl (C=O) groups is 1. The molecule has 1 saturated heterocycles. The van der Waals surface area contributed by atoms with E-state index in [1.807, 2.05) is 36.4 Å². The first-order valence-electron chi connectivity index (χ1n) is 12.2. The molecule has 1 fully saturated rings. The highest BCUT2D eigenvalue weighted by molar-refractivity contribution is 5.87. The number of nitrogens with one attached hydrogen (secondary N) is 1. The van der Waals surface area contributed by atoms with Crippen molar-refractivity contribution >= 4 is 16.9 Å². The molecule has 3 aromatic rings. The summed E-state index contributed by atoms with van der Waals surface area (Å²) in [5, 5.41) is 10.4.